The van der Waals surface area contributed by atoms with Gasteiger partial charge in [0.2, 0.25) is 5.91 Å². The number of rotatable bonds is 6. The van der Waals surface area contributed by atoms with Crippen LogP contribution in [0.2, 0.25) is 0 Å². The zero-order chi connectivity index (χ0) is 19.1. The van der Waals surface area contributed by atoms with Crippen LogP contribution in [0.5, 0.6) is 11.5 Å². The minimum absolute atomic E-state index is 0.189. The van der Waals surface area contributed by atoms with Crippen LogP contribution in [0, 0.1) is 0 Å². The zero-order valence-corrected chi connectivity index (χ0v) is 15.9. The first-order valence-corrected chi connectivity index (χ1v) is 9.26. The van der Waals surface area contributed by atoms with Gasteiger partial charge >= 0.3 is 0 Å². The van der Waals surface area contributed by atoms with Gasteiger partial charge in [-0.2, -0.15) is 0 Å². The van der Waals surface area contributed by atoms with Crippen molar-refractivity contribution in [1.82, 2.24) is 0 Å². The van der Waals surface area contributed by atoms with Gasteiger partial charge in [-0.1, -0.05) is 12.1 Å². The quantitative estimate of drug-likeness (QED) is 0.773. The highest BCUT2D eigenvalue weighted by molar-refractivity contribution is 6.02. The van der Waals surface area contributed by atoms with Crippen LogP contribution in [0.4, 0.5) is 11.4 Å². The molecule has 1 N–H and O–H groups in total. The Morgan fingerprint density at radius 2 is 1.74 bits per heavy atom. The fourth-order valence-electron chi connectivity index (χ4n) is 3.30. The molecule has 1 fully saturated rings. The van der Waals surface area contributed by atoms with Gasteiger partial charge in [0.1, 0.15) is 0 Å². The molecule has 2 aromatic rings. The molecule has 1 aliphatic heterocycles. The van der Waals surface area contributed by atoms with Crippen LogP contribution in [0.1, 0.15) is 24.8 Å². The predicted molar refractivity (Wildman–Crippen MR) is 110 cm³/mol. The van der Waals surface area contributed by atoms with Crippen molar-refractivity contribution in [2.75, 3.05) is 37.5 Å². The van der Waals surface area contributed by atoms with Crippen LogP contribution >= 0.6 is 0 Å². The van der Waals surface area contributed by atoms with E-state index in [-0.39, 0.29) is 5.91 Å². The first-order chi connectivity index (χ1) is 13.2. The number of para-hydroxylation sites is 1. The van der Waals surface area contributed by atoms with E-state index in [2.05, 4.69) is 22.3 Å². The number of benzene rings is 2. The van der Waals surface area contributed by atoms with Crippen molar-refractivity contribution in [3.63, 3.8) is 0 Å². The first kappa shape index (κ1) is 18.8. The Labute approximate surface area is 160 Å². The van der Waals surface area contributed by atoms with Crippen molar-refractivity contribution >= 4 is 23.4 Å². The Hall–Kier alpha value is -2.95. The number of carbonyl (C=O) groups is 1. The summed E-state index contributed by atoms with van der Waals surface area (Å²) in [6, 6.07) is 13.6. The molecule has 0 aliphatic carbocycles. The summed E-state index contributed by atoms with van der Waals surface area (Å²) in [5.74, 6) is 1.05. The minimum atomic E-state index is -0.189. The molecule has 5 nitrogen and oxygen atoms in total. The van der Waals surface area contributed by atoms with Gasteiger partial charge in [-0.05, 0) is 55.7 Å². The molecule has 1 saturated heterocycles. The molecule has 0 spiro atoms. The largest absolute Gasteiger partial charge is 0.493 e. The summed E-state index contributed by atoms with van der Waals surface area (Å²) in [6.07, 6.45) is 7.03. The second kappa shape index (κ2) is 9.12. The maximum Gasteiger partial charge on any atom is 0.248 e. The van der Waals surface area contributed by atoms with Crippen LogP contribution in [0.25, 0.3) is 6.08 Å². The molecule has 0 aromatic heterocycles. The van der Waals surface area contributed by atoms with Gasteiger partial charge in [0.15, 0.2) is 11.5 Å². The molecule has 5 heteroatoms. The third kappa shape index (κ3) is 4.82. The number of methoxy groups -OCH3 is 2. The average Bonchev–Trinajstić information content (AvgIpc) is 2.73. The van der Waals surface area contributed by atoms with Crippen molar-refractivity contribution in [3.05, 3.63) is 54.1 Å². The van der Waals surface area contributed by atoms with E-state index in [1.165, 1.54) is 31.0 Å². The zero-order valence-electron chi connectivity index (χ0n) is 15.9. The molecular formula is C22H26N2O3. The van der Waals surface area contributed by atoms with Gasteiger partial charge in [-0.15, -0.1) is 0 Å². The number of hydrogen-bond donors (Lipinski definition) is 1. The predicted octanol–water partition coefficient (Wildman–Crippen LogP) is 4.35. The number of carbonyl (C=O) groups excluding carboxylic acids is 1. The summed E-state index contributed by atoms with van der Waals surface area (Å²) in [5.41, 5.74) is 2.78. The topological polar surface area (TPSA) is 50.8 Å². The minimum Gasteiger partial charge on any atom is -0.493 e. The van der Waals surface area contributed by atoms with Crippen molar-refractivity contribution in [2.24, 2.45) is 0 Å². The highest BCUT2D eigenvalue weighted by Gasteiger charge is 2.11. The van der Waals surface area contributed by atoms with Gasteiger partial charge in [0, 0.05) is 36.1 Å². The van der Waals surface area contributed by atoms with Crippen LogP contribution in [0.3, 0.4) is 0 Å². The summed E-state index contributed by atoms with van der Waals surface area (Å²) in [5, 5.41) is 2.89. The summed E-state index contributed by atoms with van der Waals surface area (Å²) in [6.45, 7) is 2.22. The number of anilines is 2. The Balaban J connectivity index is 1.63. The Morgan fingerprint density at radius 1 is 1.00 bits per heavy atom. The number of nitrogens with zero attached hydrogens (tertiary/aromatic N) is 1. The molecule has 1 aliphatic rings. The van der Waals surface area contributed by atoms with Crippen molar-refractivity contribution < 1.29 is 14.3 Å². The smallest absolute Gasteiger partial charge is 0.248 e. The van der Waals surface area contributed by atoms with Gasteiger partial charge in [-0.25, -0.2) is 0 Å². The standard InChI is InChI=1S/C22H26N2O3/c1-26-20-8-6-7-17(22(20)27-2)9-14-21(25)23-18-10-12-19(13-11-18)24-15-4-3-5-16-24/h6-14H,3-5,15-16H2,1-2H3,(H,23,25). The van der Waals surface area contributed by atoms with Crippen molar-refractivity contribution in [1.29, 1.82) is 0 Å². The van der Waals surface area contributed by atoms with Gasteiger partial charge in [-0.3, -0.25) is 4.79 Å². The van der Waals surface area contributed by atoms with E-state index < -0.39 is 0 Å². The van der Waals surface area contributed by atoms with E-state index >= 15 is 0 Å². The van der Waals surface area contributed by atoms with Crippen LogP contribution < -0.4 is 19.7 Å². The van der Waals surface area contributed by atoms with Crippen molar-refractivity contribution in [2.45, 2.75) is 19.3 Å². The summed E-state index contributed by atoms with van der Waals surface area (Å²) in [4.78, 5) is 14.6. The summed E-state index contributed by atoms with van der Waals surface area (Å²) >= 11 is 0. The normalized spacial score (nSPS) is 14.2. The number of piperidine rings is 1. The molecule has 1 amide bonds. The lowest BCUT2D eigenvalue weighted by Crippen LogP contribution is -2.29. The summed E-state index contributed by atoms with van der Waals surface area (Å²) < 4.78 is 10.7. The average molecular weight is 366 g/mol. The number of hydrogen-bond acceptors (Lipinski definition) is 4. The van der Waals surface area contributed by atoms with Crippen LogP contribution in [0.15, 0.2) is 48.5 Å². The van der Waals surface area contributed by atoms with E-state index in [9.17, 15) is 4.79 Å². The van der Waals surface area contributed by atoms with Crippen LogP contribution in [-0.4, -0.2) is 33.2 Å². The lowest BCUT2D eigenvalue weighted by Gasteiger charge is -2.28. The maximum atomic E-state index is 12.2. The van der Waals surface area contributed by atoms with Crippen molar-refractivity contribution in [3.8, 4) is 11.5 Å². The van der Waals surface area contributed by atoms with Crippen LogP contribution in [-0.2, 0) is 4.79 Å². The third-order valence-electron chi connectivity index (χ3n) is 4.70. The van der Waals surface area contributed by atoms with E-state index in [0.29, 0.717) is 11.5 Å². The Morgan fingerprint density at radius 3 is 2.41 bits per heavy atom. The maximum absolute atomic E-state index is 12.2. The molecule has 27 heavy (non-hydrogen) atoms. The monoisotopic (exact) mass is 366 g/mol. The molecule has 142 valence electrons. The molecule has 0 bridgehead atoms. The molecule has 0 radical (unpaired) electrons. The lowest BCUT2D eigenvalue weighted by atomic mass is 10.1. The Bertz CT molecular complexity index is 794. The number of ether oxygens (including phenoxy) is 2. The lowest BCUT2D eigenvalue weighted by molar-refractivity contribution is -0.111. The SMILES string of the molecule is COc1cccc(C=CC(=O)Nc2ccc(N3CCCCC3)cc2)c1OC. The van der Waals surface area contributed by atoms with E-state index in [4.69, 9.17) is 9.47 Å². The van der Waals surface area contributed by atoms with E-state index in [1.807, 2.05) is 30.3 Å². The number of nitrogens with one attached hydrogen (secondary N) is 1. The fourth-order valence-corrected chi connectivity index (χ4v) is 3.30. The van der Waals surface area contributed by atoms with Gasteiger partial charge in [0.05, 0.1) is 14.2 Å². The van der Waals surface area contributed by atoms with Gasteiger partial charge < -0.3 is 19.7 Å². The molecule has 2 aromatic carbocycles. The highest BCUT2D eigenvalue weighted by Crippen LogP contribution is 2.31. The summed E-state index contributed by atoms with van der Waals surface area (Å²) in [7, 11) is 3.17. The fraction of sp³-hybridized carbons (Fsp3) is 0.318. The molecule has 0 unspecified atom stereocenters. The highest BCUT2D eigenvalue weighted by atomic mass is 16.5. The first-order valence-electron chi connectivity index (χ1n) is 9.26. The molecule has 1 heterocycles. The second-order valence-corrected chi connectivity index (χ2v) is 6.50. The van der Waals surface area contributed by atoms with E-state index in [1.54, 1.807) is 20.3 Å². The molecule has 3 rings (SSSR count). The molecular weight excluding hydrogens is 340 g/mol. The number of amides is 1. The second-order valence-electron chi connectivity index (χ2n) is 6.50. The molecule has 0 saturated carbocycles. The molecule has 0 atom stereocenters. The third-order valence-corrected chi connectivity index (χ3v) is 4.70. The Kier molecular flexibility index (Phi) is 6.36. The van der Waals surface area contributed by atoms with Gasteiger partial charge in [0.25, 0.3) is 0 Å². The van der Waals surface area contributed by atoms with E-state index in [0.717, 1.165) is 24.3 Å².